The van der Waals surface area contributed by atoms with Crippen molar-refractivity contribution in [2.75, 3.05) is 11.9 Å². The molecule has 0 radical (unpaired) electrons. The van der Waals surface area contributed by atoms with Gasteiger partial charge in [0.05, 0.1) is 6.21 Å². The molecule has 0 fully saturated rings. The van der Waals surface area contributed by atoms with E-state index in [0.29, 0.717) is 10.8 Å². The molecular formula is C17H14ClN5O2. The Morgan fingerprint density at radius 2 is 1.92 bits per heavy atom. The first kappa shape index (κ1) is 16.7. The number of hydrazone groups is 1. The number of carbonyl (C=O) groups is 1. The second-order valence-corrected chi connectivity index (χ2v) is 5.42. The van der Waals surface area contributed by atoms with Crippen LogP contribution in [0.2, 0.25) is 5.02 Å². The summed E-state index contributed by atoms with van der Waals surface area (Å²) < 4.78 is 5.05. The van der Waals surface area contributed by atoms with E-state index in [1.165, 1.54) is 6.21 Å². The standard InChI is InChI=1S/C17H14ClN5O2/c18-14-8-6-12(7-9-14)10-20-22-15(24)11-19-17-21-16(23-25-17)13-4-2-1-3-5-13/h1-10H,11H2,(H,22,24)(H,19,21,23)/b20-10-. The average Bonchev–Trinajstić information content (AvgIpc) is 3.11. The van der Waals surface area contributed by atoms with Crippen molar-refractivity contribution >= 4 is 29.7 Å². The fourth-order valence-corrected chi connectivity index (χ4v) is 2.05. The molecule has 0 saturated heterocycles. The van der Waals surface area contributed by atoms with Crippen LogP contribution in [0.15, 0.2) is 64.2 Å². The second-order valence-electron chi connectivity index (χ2n) is 4.99. The summed E-state index contributed by atoms with van der Waals surface area (Å²) in [5.41, 5.74) is 4.05. The normalized spacial score (nSPS) is 10.8. The lowest BCUT2D eigenvalue weighted by Crippen LogP contribution is -2.25. The van der Waals surface area contributed by atoms with Crippen molar-refractivity contribution in [3.05, 3.63) is 65.2 Å². The van der Waals surface area contributed by atoms with Crippen LogP contribution in [-0.4, -0.2) is 28.8 Å². The van der Waals surface area contributed by atoms with Crippen molar-refractivity contribution < 1.29 is 9.32 Å². The lowest BCUT2D eigenvalue weighted by Gasteiger charge is -1.99. The maximum Gasteiger partial charge on any atom is 0.322 e. The van der Waals surface area contributed by atoms with Crippen LogP contribution >= 0.6 is 11.6 Å². The highest BCUT2D eigenvalue weighted by Crippen LogP contribution is 2.16. The summed E-state index contributed by atoms with van der Waals surface area (Å²) >= 11 is 5.79. The van der Waals surface area contributed by atoms with E-state index in [-0.39, 0.29) is 18.5 Å². The highest BCUT2D eigenvalue weighted by atomic mass is 35.5. The summed E-state index contributed by atoms with van der Waals surface area (Å²) in [4.78, 5) is 15.9. The quantitative estimate of drug-likeness (QED) is 0.524. The zero-order valence-electron chi connectivity index (χ0n) is 13.0. The topological polar surface area (TPSA) is 92.4 Å². The summed E-state index contributed by atoms with van der Waals surface area (Å²) in [7, 11) is 0. The molecule has 1 heterocycles. The maximum absolute atomic E-state index is 11.7. The summed E-state index contributed by atoms with van der Waals surface area (Å²) in [5.74, 6) is 0.106. The Morgan fingerprint density at radius 3 is 2.68 bits per heavy atom. The first-order chi connectivity index (χ1) is 12.2. The number of nitrogens with zero attached hydrogens (tertiary/aromatic N) is 3. The van der Waals surface area contributed by atoms with Gasteiger partial charge in [-0.15, -0.1) is 0 Å². The Kier molecular flexibility index (Phi) is 5.38. The molecule has 8 heteroatoms. The van der Waals surface area contributed by atoms with Gasteiger partial charge < -0.3 is 9.84 Å². The van der Waals surface area contributed by atoms with Crippen molar-refractivity contribution in [2.24, 2.45) is 5.10 Å². The number of hydrogen-bond acceptors (Lipinski definition) is 6. The van der Waals surface area contributed by atoms with Crippen LogP contribution in [0, 0.1) is 0 Å². The van der Waals surface area contributed by atoms with E-state index in [1.807, 2.05) is 30.3 Å². The van der Waals surface area contributed by atoms with Crippen LogP contribution in [-0.2, 0) is 4.79 Å². The number of anilines is 1. The van der Waals surface area contributed by atoms with Gasteiger partial charge in [-0.25, -0.2) is 5.43 Å². The zero-order chi connectivity index (χ0) is 17.5. The number of rotatable bonds is 6. The Balaban J connectivity index is 1.48. The van der Waals surface area contributed by atoms with E-state index >= 15 is 0 Å². The predicted octanol–water partition coefficient (Wildman–Crippen LogP) is 2.95. The molecule has 0 saturated carbocycles. The van der Waals surface area contributed by atoms with Gasteiger partial charge >= 0.3 is 6.01 Å². The van der Waals surface area contributed by atoms with Crippen molar-refractivity contribution in [3.8, 4) is 11.4 Å². The Labute approximate surface area is 148 Å². The van der Waals surface area contributed by atoms with Crippen molar-refractivity contribution in [1.82, 2.24) is 15.6 Å². The number of amides is 1. The molecule has 126 valence electrons. The number of carbonyl (C=O) groups excluding carboxylic acids is 1. The van der Waals surface area contributed by atoms with Crippen molar-refractivity contribution in [1.29, 1.82) is 0 Å². The molecule has 7 nitrogen and oxygen atoms in total. The number of aromatic nitrogens is 2. The van der Waals surface area contributed by atoms with E-state index in [0.717, 1.165) is 11.1 Å². The summed E-state index contributed by atoms with van der Waals surface area (Å²) in [5, 5.41) is 11.1. The molecule has 0 aliphatic heterocycles. The molecule has 0 atom stereocenters. The highest BCUT2D eigenvalue weighted by Gasteiger charge is 2.08. The lowest BCUT2D eigenvalue weighted by atomic mass is 10.2. The molecule has 0 spiro atoms. The zero-order valence-corrected chi connectivity index (χ0v) is 13.8. The van der Waals surface area contributed by atoms with Crippen LogP contribution in [0.3, 0.4) is 0 Å². The monoisotopic (exact) mass is 355 g/mol. The van der Waals surface area contributed by atoms with Crippen LogP contribution in [0.4, 0.5) is 6.01 Å². The number of benzene rings is 2. The number of hydrogen-bond donors (Lipinski definition) is 2. The second kappa shape index (κ2) is 8.07. The van der Waals surface area contributed by atoms with E-state index in [2.05, 4.69) is 26.0 Å². The van der Waals surface area contributed by atoms with Gasteiger partial charge in [-0.05, 0) is 17.7 Å². The molecule has 0 bridgehead atoms. The Hall–Kier alpha value is -3.19. The van der Waals surface area contributed by atoms with E-state index < -0.39 is 0 Å². The third kappa shape index (κ3) is 4.89. The van der Waals surface area contributed by atoms with E-state index in [1.54, 1.807) is 24.3 Å². The number of nitrogens with one attached hydrogen (secondary N) is 2. The highest BCUT2D eigenvalue weighted by molar-refractivity contribution is 6.30. The van der Waals surface area contributed by atoms with Crippen LogP contribution in [0.1, 0.15) is 5.56 Å². The van der Waals surface area contributed by atoms with Crippen LogP contribution in [0.25, 0.3) is 11.4 Å². The summed E-state index contributed by atoms with van der Waals surface area (Å²) in [6, 6.07) is 16.6. The van der Waals surface area contributed by atoms with Gasteiger partial charge in [-0.2, -0.15) is 10.1 Å². The molecule has 25 heavy (non-hydrogen) atoms. The van der Waals surface area contributed by atoms with E-state index in [4.69, 9.17) is 16.1 Å². The van der Waals surface area contributed by atoms with Gasteiger partial charge in [0.2, 0.25) is 5.82 Å². The Morgan fingerprint density at radius 1 is 1.16 bits per heavy atom. The maximum atomic E-state index is 11.7. The molecule has 1 amide bonds. The first-order valence-electron chi connectivity index (χ1n) is 7.41. The molecule has 3 aromatic rings. The SMILES string of the molecule is O=C(CNc1nc(-c2ccccc2)no1)N/N=C\c1ccc(Cl)cc1. The number of halogens is 1. The third-order valence-electron chi connectivity index (χ3n) is 3.13. The fraction of sp³-hybridized carbons (Fsp3) is 0.0588. The molecule has 0 unspecified atom stereocenters. The fourth-order valence-electron chi connectivity index (χ4n) is 1.92. The van der Waals surface area contributed by atoms with Gasteiger partial charge in [0.15, 0.2) is 0 Å². The Bertz CT molecular complexity index is 862. The van der Waals surface area contributed by atoms with Crippen molar-refractivity contribution in [2.45, 2.75) is 0 Å². The average molecular weight is 356 g/mol. The minimum absolute atomic E-state index is 0.0472. The first-order valence-corrected chi connectivity index (χ1v) is 7.79. The van der Waals surface area contributed by atoms with Crippen molar-refractivity contribution in [3.63, 3.8) is 0 Å². The minimum Gasteiger partial charge on any atom is -0.329 e. The lowest BCUT2D eigenvalue weighted by molar-refractivity contribution is -0.119. The largest absolute Gasteiger partial charge is 0.329 e. The molecule has 3 rings (SSSR count). The minimum atomic E-state index is -0.343. The van der Waals surface area contributed by atoms with Gasteiger partial charge in [-0.3, -0.25) is 4.79 Å². The smallest absolute Gasteiger partial charge is 0.322 e. The molecule has 0 aliphatic carbocycles. The van der Waals surface area contributed by atoms with Crippen LogP contribution in [0.5, 0.6) is 0 Å². The molecule has 2 aromatic carbocycles. The molecule has 2 N–H and O–H groups in total. The van der Waals surface area contributed by atoms with Gasteiger partial charge in [0.1, 0.15) is 6.54 Å². The summed E-state index contributed by atoms with van der Waals surface area (Å²) in [6.45, 7) is -0.0472. The predicted molar refractivity (Wildman–Crippen MR) is 95.4 cm³/mol. The molecule has 1 aromatic heterocycles. The van der Waals surface area contributed by atoms with Gasteiger partial charge in [0.25, 0.3) is 5.91 Å². The van der Waals surface area contributed by atoms with Crippen LogP contribution < -0.4 is 10.7 Å². The van der Waals surface area contributed by atoms with Gasteiger partial charge in [0, 0.05) is 10.6 Å². The molecular weight excluding hydrogens is 342 g/mol. The summed E-state index contributed by atoms with van der Waals surface area (Å²) in [6.07, 6.45) is 1.52. The van der Waals surface area contributed by atoms with E-state index in [9.17, 15) is 4.79 Å². The third-order valence-corrected chi connectivity index (χ3v) is 3.38. The van der Waals surface area contributed by atoms with Gasteiger partial charge in [-0.1, -0.05) is 59.2 Å². The molecule has 0 aliphatic rings.